The Morgan fingerprint density at radius 2 is 2.00 bits per heavy atom. The molecular formula is C14H13F3N2OS. The van der Waals surface area contributed by atoms with Crippen molar-refractivity contribution in [1.82, 2.24) is 5.01 Å². The van der Waals surface area contributed by atoms with Gasteiger partial charge in [0.25, 0.3) is 5.72 Å². The Bertz CT molecular complexity index is 737. The summed E-state index contributed by atoms with van der Waals surface area (Å²) in [4.78, 5) is 0.697. The Kier molecular flexibility index (Phi) is 3.04. The van der Waals surface area contributed by atoms with E-state index >= 15 is 0 Å². The monoisotopic (exact) mass is 314 g/mol. The zero-order valence-electron chi connectivity index (χ0n) is 11.4. The second-order valence-corrected chi connectivity index (χ2v) is 6.17. The van der Waals surface area contributed by atoms with Crippen molar-refractivity contribution < 1.29 is 18.3 Å². The minimum Gasteiger partial charge on any atom is -0.362 e. The van der Waals surface area contributed by atoms with Gasteiger partial charge in [-0.3, -0.25) is 5.01 Å². The topological polar surface area (TPSA) is 35.8 Å². The molecule has 0 radical (unpaired) electrons. The summed E-state index contributed by atoms with van der Waals surface area (Å²) in [5.74, 6) is 0. The number of benzene rings is 1. The van der Waals surface area contributed by atoms with Crippen molar-refractivity contribution in [3.05, 3.63) is 34.7 Å². The van der Waals surface area contributed by atoms with Crippen LogP contribution in [-0.4, -0.2) is 34.8 Å². The van der Waals surface area contributed by atoms with E-state index in [0.29, 0.717) is 9.89 Å². The van der Waals surface area contributed by atoms with Gasteiger partial charge in [0.05, 0.1) is 17.0 Å². The molecule has 1 aliphatic rings. The van der Waals surface area contributed by atoms with Crippen LogP contribution in [0, 0.1) is 6.92 Å². The molecule has 0 amide bonds. The SMILES string of the molecule is Cc1c(C2=NN(C)C(O)(C(F)(F)F)C2)sc2ccccc12. The van der Waals surface area contributed by atoms with Crippen molar-refractivity contribution >= 4 is 27.1 Å². The molecule has 1 atom stereocenters. The highest BCUT2D eigenvalue weighted by Crippen LogP contribution is 2.42. The zero-order valence-corrected chi connectivity index (χ0v) is 12.2. The van der Waals surface area contributed by atoms with E-state index in [1.807, 2.05) is 31.2 Å². The van der Waals surface area contributed by atoms with Gasteiger partial charge < -0.3 is 5.11 Å². The lowest BCUT2D eigenvalue weighted by atomic mass is 10.0. The van der Waals surface area contributed by atoms with Crippen LogP contribution in [0.15, 0.2) is 29.4 Å². The minimum atomic E-state index is -4.75. The van der Waals surface area contributed by atoms with Crippen molar-refractivity contribution in [3.63, 3.8) is 0 Å². The normalized spacial score (nSPS) is 23.0. The lowest BCUT2D eigenvalue weighted by molar-refractivity contribution is -0.303. The number of hydrogen-bond donors (Lipinski definition) is 1. The van der Waals surface area contributed by atoms with Crippen LogP contribution in [0.5, 0.6) is 0 Å². The molecule has 3 rings (SSSR count). The van der Waals surface area contributed by atoms with Crippen LogP contribution in [0.3, 0.4) is 0 Å². The predicted molar refractivity (Wildman–Crippen MR) is 76.5 cm³/mol. The summed E-state index contributed by atoms with van der Waals surface area (Å²) in [7, 11) is 1.14. The minimum absolute atomic E-state index is 0.274. The molecule has 1 aromatic carbocycles. The number of fused-ring (bicyclic) bond motifs is 1. The summed E-state index contributed by atoms with van der Waals surface area (Å²) in [5.41, 5.74) is -1.75. The molecule has 0 saturated carbocycles. The van der Waals surface area contributed by atoms with E-state index in [1.165, 1.54) is 11.3 Å². The van der Waals surface area contributed by atoms with Gasteiger partial charge >= 0.3 is 6.18 Å². The van der Waals surface area contributed by atoms with Crippen LogP contribution in [-0.2, 0) is 0 Å². The molecular weight excluding hydrogens is 301 g/mol. The predicted octanol–water partition coefficient (Wildman–Crippen LogP) is 3.50. The van der Waals surface area contributed by atoms with Gasteiger partial charge in [-0.15, -0.1) is 11.3 Å². The van der Waals surface area contributed by atoms with Crippen molar-refractivity contribution in [2.24, 2.45) is 5.10 Å². The number of halogens is 3. The molecule has 0 aliphatic carbocycles. The van der Waals surface area contributed by atoms with Gasteiger partial charge in [-0.1, -0.05) is 18.2 Å². The number of rotatable bonds is 1. The second kappa shape index (κ2) is 4.45. The number of hydrazone groups is 1. The maximum Gasteiger partial charge on any atom is 0.438 e. The highest BCUT2D eigenvalue weighted by molar-refractivity contribution is 7.21. The van der Waals surface area contributed by atoms with Crippen molar-refractivity contribution in [2.45, 2.75) is 25.2 Å². The molecule has 21 heavy (non-hydrogen) atoms. The molecule has 0 bridgehead atoms. The molecule has 2 heterocycles. The summed E-state index contributed by atoms with van der Waals surface area (Å²) < 4.78 is 40.1. The fraction of sp³-hybridized carbons (Fsp3) is 0.357. The summed E-state index contributed by atoms with van der Waals surface area (Å²) in [6, 6.07) is 7.63. The number of alkyl halides is 3. The lowest BCUT2D eigenvalue weighted by Gasteiger charge is -2.31. The first-order valence-electron chi connectivity index (χ1n) is 6.33. The van der Waals surface area contributed by atoms with Crippen LogP contribution < -0.4 is 0 Å². The molecule has 1 N–H and O–H groups in total. The van der Waals surface area contributed by atoms with Gasteiger partial charge in [0.1, 0.15) is 0 Å². The molecule has 0 saturated heterocycles. The van der Waals surface area contributed by atoms with Crippen LogP contribution in [0.4, 0.5) is 13.2 Å². The summed E-state index contributed by atoms with van der Waals surface area (Å²) >= 11 is 1.40. The van der Waals surface area contributed by atoms with E-state index in [1.54, 1.807) is 0 Å². The molecule has 7 heteroatoms. The maximum absolute atomic E-state index is 13.0. The van der Waals surface area contributed by atoms with Crippen molar-refractivity contribution in [3.8, 4) is 0 Å². The fourth-order valence-corrected chi connectivity index (χ4v) is 3.70. The lowest BCUT2D eigenvalue weighted by Crippen LogP contribution is -2.53. The second-order valence-electron chi connectivity index (χ2n) is 5.11. The molecule has 3 nitrogen and oxygen atoms in total. The number of hydrogen-bond acceptors (Lipinski definition) is 4. The molecule has 0 spiro atoms. The molecule has 1 unspecified atom stereocenters. The standard InChI is InChI=1S/C14H13F3N2OS/c1-8-9-5-3-4-6-11(9)21-12(8)10-7-13(20,14(15,16)17)19(2)18-10/h3-6,20H,7H2,1-2H3. The van der Waals surface area contributed by atoms with E-state index in [2.05, 4.69) is 5.10 Å². The highest BCUT2D eigenvalue weighted by Gasteiger charge is 2.60. The van der Waals surface area contributed by atoms with Gasteiger partial charge in [-0.2, -0.15) is 18.3 Å². The zero-order chi connectivity index (χ0) is 15.4. The summed E-state index contributed by atoms with van der Waals surface area (Å²) in [5, 5.41) is 15.4. The largest absolute Gasteiger partial charge is 0.438 e. The van der Waals surface area contributed by atoms with Crippen molar-refractivity contribution in [2.75, 3.05) is 7.05 Å². The number of nitrogens with zero attached hydrogens (tertiary/aromatic N) is 2. The first-order valence-corrected chi connectivity index (χ1v) is 7.14. The Labute approximate surface area is 123 Å². The van der Waals surface area contributed by atoms with E-state index in [-0.39, 0.29) is 5.71 Å². The van der Waals surface area contributed by atoms with Crippen molar-refractivity contribution in [1.29, 1.82) is 0 Å². The van der Waals surface area contributed by atoms with E-state index in [4.69, 9.17) is 0 Å². The number of thiophene rings is 1. The Balaban J connectivity index is 2.06. The first-order chi connectivity index (χ1) is 9.74. The van der Waals surface area contributed by atoms with Crippen LogP contribution in [0.25, 0.3) is 10.1 Å². The Hall–Kier alpha value is -1.60. The van der Waals surface area contributed by atoms with E-state index in [0.717, 1.165) is 22.7 Å². The van der Waals surface area contributed by atoms with Gasteiger partial charge in [0.15, 0.2) is 0 Å². The Morgan fingerprint density at radius 3 is 2.57 bits per heavy atom. The van der Waals surface area contributed by atoms with E-state index in [9.17, 15) is 18.3 Å². The van der Waals surface area contributed by atoms with Crippen LogP contribution in [0.2, 0.25) is 0 Å². The smallest absolute Gasteiger partial charge is 0.362 e. The summed E-state index contributed by atoms with van der Waals surface area (Å²) in [6.07, 6.45) is -5.31. The molecule has 1 aliphatic heterocycles. The average molecular weight is 314 g/mol. The van der Waals surface area contributed by atoms with Gasteiger partial charge in [0.2, 0.25) is 0 Å². The average Bonchev–Trinajstić information content (AvgIpc) is 2.89. The van der Waals surface area contributed by atoms with Gasteiger partial charge in [0, 0.05) is 11.7 Å². The quantitative estimate of drug-likeness (QED) is 0.874. The number of aliphatic hydroxyl groups is 1. The van der Waals surface area contributed by atoms with Crippen LogP contribution >= 0.6 is 11.3 Å². The highest BCUT2D eigenvalue weighted by atomic mass is 32.1. The molecule has 112 valence electrons. The molecule has 2 aromatic rings. The first kappa shape index (κ1) is 14.3. The third-order valence-electron chi connectivity index (χ3n) is 3.78. The summed E-state index contributed by atoms with van der Waals surface area (Å²) in [6.45, 7) is 1.86. The van der Waals surface area contributed by atoms with Gasteiger partial charge in [-0.05, 0) is 23.9 Å². The fourth-order valence-electron chi connectivity index (χ4n) is 2.51. The molecule has 1 aromatic heterocycles. The van der Waals surface area contributed by atoms with E-state index < -0.39 is 18.3 Å². The molecule has 0 fully saturated rings. The van der Waals surface area contributed by atoms with Crippen LogP contribution in [0.1, 0.15) is 16.9 Å². The third kappa shape index (κ3) is 2.03. The maximum atomic E-state index is 13.0. The Morgan fingerprint density at radius 1 is 1.33 bits per heavy atom. The van der Waals surface area contributed by atoms with Gasteiger partial charge in [-0.25, -0.2) is 0 Å². The third-order valence-corrected chi connectivity index (χ3v) is 5.10. The number of aryl methyl sites for hydroxylation is 1.